The van der Waals surface area contributed by atoms with Crippen LogP contribution < -0.4 is 0 Å². The smallest absolute Gasteiger partial charge is 0.0552 e. The Morgan fingerprint density at radius 3 is 2.25 bits per heavy atom. The van der Waals surface area contributed by atoms with Crippen molar-refractivity contribution in [3.05, 3.63) is 33.4 Å². The third kappa shape index (κ3) is 1.64. The van der Waals surface area contributed by atoms with E-state index in [1.807, 2.05) is 0 Å². The van der Waals surface area contributed by atoms with Gasteiger partial charge in [-0.25, -0.2) is 0 Å². The number of benzene rings is 1. The number of hydrogen-bond donors (Lipinski definition) is 1. The van der Waals surface area contributed by atoms with Crippen molar-refractivity contribution < 1.29 is 5.11 Å². The lowest BCUT2D eigenvalue weighted by Crippen LogP contribution is -2.26. The molecule has 0 spiro atoms. The van der Waals surface area contributed by atoms with Gasteiger partial charge in [0.15, 0.2) is 0 Å². The van der Waals surface area contributed by atoms with Crippen LogP contribution in [0.4, 0.5) is 0 Å². The Bertz CT molecular complexity index is 262. The molecule has 1 aliphatic carbocycles. The van der Waals surface area contributed by atoms with E-state index >= 15 is 0 Å². The summed E-state index contributed by atoms with van der Waals surface area (Å²) in [5.41, 5.74) is 1.38. The van der Waals surface area contributed by atoms with Crippen molar-refractivity contribution in [2.45, 2.75) is 24.9 Å². The van der Waals surface area contributed by atoms with Crippen LogP contribution in [0.25, 0.3) is 0 Å². The molecule has 1 nitrogen and oxygen atoms in total. The minimum atomic E-state index is -0.0470. The Hall–Kier alpha value is -0.0900. The minimum absolute atomic E-state index is 0.0470. The molecule has 1 fully saturated rings. The van der Waals surface area contributed by atoms with E-state index in [-0.39, 0.29) is 6.10 Å². The number of halogens is 1. The molecular weight excluding hydrogens is 263 g/mol. The van der Waals surface area contributed by atoms with Gasteiger partial charge >= 0.3 is 0 Å². The van der Waals surface area contributed by atoms with Crippen LogP contribution in [-0.2, 0) is 0 Å². The average Bonchev–Trinajstić information content (AvgIpc) is 2.01. The molecule has 1 aromatic rings. The molecule has 0 heterocycles. The Kier molecular flexibility index (Phi) is 2.37. The molecule has 0 amide bonds. The summed E-state index contributed by atoms with van der Waals surface area (Å²) in [5.74, 6) is 0.608. The van der Waals surface area contributed by atoms with Crippen LogP contribution in [-0.4, -0.2) is 11.2 Å². The summed E-state index contributed by atoms with van der Waals surface area (Å²) in [5, 5.41) is 9.13. The van der Waals surface area contributed by atoms with Gasteiger partial charge in [0.05, 0.1) is 6.10 Å². The monoisotopic (exact) mass is 274 g/mol. The zero-order valence-corrected chi connectivity index (χ0v) is 8.86. The molecule has 0 atom stereocenters. The van der Waals surface area contributed by atoms with E-state index in [0.29, 0.717) is 5.92 Å². The number of aliphatic hydroxyl groups excluding tert-OH is 1. The molecule has 1 N–H and O–H groups in total. The Morgan fingerprint density at radius 2 is 1.75 bits per heavy atom. The molecule has 1 saturated carbocycles. The summed E-state index contributed by atoms with van der Waals surface area (Å²) in [6.45, 7) is 0. The highest BCUT2D eigenvalue weighted by atomic mass is 127. The van der Waals surface area contributed by atoms with Crippen molar-refractivity contribution in [3.63, 3.8) is 0 Å². The molecule has 0 saturated heterocycles. The fraction of sp³-hybridized carbons (Fsp3) is 0.400. The maximum atomic E-state index is 9.13. The minimum Gasteiger partial charge on any atom is -0.393 e. The van der Waals surface area contributed by atoms with Crippen molar-refractivity contribution in [2.75, 3.05) is 0 Å². The van der Waals surface area contributed by atoms with Crippen LogP contribution in [0, 0.1) is 3.57 Å². The van der Waals surface area contributed by atoms with Crippen LogP contribution in [0.15, 0.2) is 24.3 Å². The fourth-order valence-electron chi connectivity index (χ4n) is 1.59. The highest BCUT2D eigenvalue weighted by Crippen LogP contribution is 2.36. The Balaban J connectivity index is 2.09. The second kappa shape index (κ2) is 3.34. The third-order valence-corrected chi connectivity index (χ3v) is 3.17. The van der Waals surface area contributed by atoms with E-state index < -0.39 is 0 Å². The lowest BCUT2D eigenvalue weighted by atomic mass is 9.78. The van der Waals surface area contributed by atoms with Gasteiger partial charge in [-0.2, -0.15) is 0 Å². The SMILES string of the molecule is OC1CC(c2ccc(I)cc2)C1. The second-order valence-electron chi connectivity index (χ2n) is 3.37. The predicted octanol–water partition coefficient (Wildman–Crippen LogP) is 2.53. The summed E-state index contributed by atoms with van der Waals surface area (Å²) in [6.07, 6.45) is 1.84. The summed E-state index contributed by atoms with van der Waals surface area (Å²) < 4.78 is 1.27. The molecule has 12 heavy (non-hydrogen) atoms. The topological polar surface area (TPSA) is 20.2 Å². The largest absolute Gasteiger partial charge is 0.393 e. The van der Waals surface area contributed by atoms with E-state index in [0.717, 1.165) is 12.8 Å². The van der Waals surface area contributed by atoms with Gasteiger partial charge in [-0.1, -0.05) is 12.1 Å². The molecule has 0 radical (unpaired) electrons. The quantitative estimate of drug-likeness (QED) is 0.780. The normalized spacial score (nSPS) is 28.2. The van der Waals surface area contributed by atoms with E-state index in [4.69, 9.17) is 5.11 Å². The lowest BCUT2D eigenvalue weighted by Gasteiger charge is -2.31. The lowest BCUT2D eigenvalue weighted by molar-refractivity contribution is 0.0746. The van der Waals surface area contributed by atoms with E-state index in [1.54, 1.807) is 0 Å². The number of aliphatic hydroxyl groups is 1. The second-order valence-corrected chi connectivity index (χ2v) is 4.62. The van der Waals surface area contributed by atoms with Crippen molar-refractivity contribution in [3.8, 4) is 0 Å². The van der Waals surface area contributed by atoms with E-state index in [2.05, 4.69) is 46.9 Å². The highest BCUT2D eigenvalue weighted by molar-refractivity contribution is 14.1. The fourth-order valence-corrected chi connectivity index (χ4v) is 1.95. The van der Waals surface area contributed by atoms with Crippen LogP contribution >= 0.6 is 22.6 Å². The first-order valence-electron chi connectivity index (χ1n) is 4.19. The zero-order chi connectivity index (χ0) is 8.55. The van der Waals surface area contributed by atoms with Gasteiger partial charge in [-0.05, 0) is 59.0 Å². The molecule has 1 aromatic carbocycles. The molecule has 0 unspecified atom stereocenters. The molecule has 0 aliphatic heterocycles. The first-order valence-corrected chi connectivity index (χ1v) is 5.27. The van der Waals surface area contributed by atoms with Crippen LogP contribution in [0.5, 0.6) is 0 Å². The summed E-state index contributed by atoms with van der Waals surface area (Å²) in [7, 11) is 0. The van der Waals surface area contributed by atoms with E-state index in [9.17, 15) is 0 Å². The molecular formula is C10H11IO. The maximum absolute atomic E-state index is 9.13. The first-order chi connectivity index (χ1) is 5.75. The standard InChI is InChI=1S/C10H11IO/c11-9-3-1-7(2-4-9)8-5-10(12)6-8/h1-4,8,10,12H,5-6H2. The van der Waals surface area contributed by atoms with Crippen molar-refractivity contribution in [1.29, 1.82) is 0 Å². The maximum Gasteiger partial charge on any atom is 0.0552 e. The first kappa shape index (κ1) is 8.51. The van der Waals surface area contributed by atoms with E-state index in [1.165, 1.54) is 9.13 Å². The molecule has 2 rings (SSSR count). The summed E-state index contributed by atoms with van der Waals surface area (Å²) >= 11 is 2.30. The van der Waals surface area contributed by atoms with Gasteiger partial charge in [0.1, 0.15) is 0 Å². The summed E-state index contributed by atoms with van der Waals surface area (Å²) in [4.78, 5) is 0. The molecule has 64 valence electrons. The van der Waals surface area contributed by atoms with Crippen LogP contribution in [0.2, 0.25) is 0 Å². The number of rotatable bonds is 1. The molecule has 2 heteroatoms. The molecule has 1 aliphatic rings. The highest BCUT2D eigenvalue weighted by Gasteiger charge is 2.27. The molecule has 0 bridgehead atoms. The van der Waals surface area contributed by atoms with Crippen LogP contribution in [0.1, 0.15) is 24.3 Å². The van der Waals surface area contributed by atoms with Gasteiger partial charge in [0.2, 0.25) is 0 Å². The van der Waals surface area contributed by atoms with Gasteiger partial charge in [-0.3, -0.25) is 0 Å². The predicted molar refractivity (Wildman–Crippen MR) is 57.1 cm³/mol. The van der Waals surface area contributed by atoms with Gasteiger partial charge in [0, 0.05) is 3.57 Å². The van der Waals surface area contributed by atoms with Gasteiger partial charge in [-0.15, -0.1) is 0 Å². The van der Waals surface area contributed by atoms with Crippen molar-refractivity contribution in [2.24, 2.45) is 0 Å². The Labute approximate surface area is 85.9 Å². The summed E-state index contributed by atoms with van der Waals surface area (Å²) in [6, 6.07) is 8.58. The van der Waals surface area contributed by atoms with Gasteiger partial charge < -0.3 is 5.11 Å². The zero-order valence-electron chi connectivity index (χ0n) is 6.70. The molecule has 0 aromatic heterocycles. The Morgan fingerprint density at radius 1 is 1.17 bits per heavy atom. The third-order valence-electron chi connectivity index (χ3n) is 2.45. The van der Waals surface area contributed by atoms with Crippen LogP contribution in [0.3, 0.4) is 0 Å². The van der Waals surface area contributed by atoms with Crippen molar-refractivity contribution >= 4 is 22.6 Å². The average molecular weight is 274 g/mol. The van der Waals surface area contributed by atoms with Gasteiger partial charge in [0.25, 0.3) is 0 Å². The number of hydrogen-bond acceptors (Lipinski definition) is 1. The van der Waals surface area contributed by atoms with Crippen molar-refractivity contribution in [1.82, 2.24) is 0 Å².